The average molecular weight is 379 g/mol. The van der Waals surface area contributed by atoms with Crippen molar-refractivity contribution in [2.45, 2.75) is 6.54 Å². The van der Waals surface area contributed by atoms with Gasteiger partial charge in [0.25, 0.3) is 5.69 Å². The summed E-state index contributed by atoms with van der Waals surface area (Å²) >= 11 is 2.04. The molecule has 0 saturated heterocycles. The molecule has 0 bridgehead atoms. The van der Waals surface area contributed by atoms with Crippen molar-refractivity contribution in [2.24, 2.45) is 0 Å². The van der Waals surface area contributed by atoms with Gasteiger partial charge in [-0.05, 0) is 52.4 Å². The Hall–Kier alpha value is -2.14. The molecule has 0 fully saturated rings. The monoisotopic (exact) mass is 379 g/mol. The van der Waals surface area contributed by atoms with E-state index >= 15 is 0 Å². The molecule has 2 rings (SSSR count). The largest absolute Gasteiger partial charge is 0.375 e. The highest BCUT2D eigenvalue weighted by Gasteiger charge is 2.13. The molecule has 2 aromatic carbocycles. The second kappa shape index (κ2) is 6.34. The second-order valence-electron chi connectivity index (χ2n) is 4.08. The van der Waals surface area contributed by atoms with E-state index in [-0.39, 0.29) is 5.69 Å². The van der Waals surface area contributed by atoms with Crippen LogP contribution in [0.3, 0.4) is 0 Å². The van der Waals surface area contributed by atoms with Gasteiger partial charge in [-0.1, -0.05) is 12.1 Å². The first-order valence-electron chi connectivity index (χ1n) is 5.77. The van der Waals surface area contributed by atoms with Crippen molar-refractivity contribution in [3.63, 3.8) is 0 Å². The van der Waals surface area contributed by atoms with E-state index < -0.39 is 4.92 Å². The Balaban J connectivity index is 2.14. The molecule has 100 valence electrons. The van der Waals surface area contributed by atoms with Gasteiger partial charge in [0.15, 0.2) is 0 Å². The zero-order valence-corrected chi connectivity index (χ0v) is 12.5. The number of benzene rings is 2. The van der Waals surface area contributed by atoms with E-state index in [1.54, 1.807) is 18.2 Å². The number of nitro benzene ring substituents is 1. The van der Waals surface area contributed by atoms with E-state index in [0.29, 0.717) is 17.8 Å². The van der Waals surface area contributed by atoms with Crippen LogP contribution >= 0.6 is 22.6 Å². The zero-order chi connectivity index (χ0) is 14.5. The van der Waals surface area contributed by atoms with Crippen LogP contribution < -0.4 is 5.32 Å². The maximum atomic E-state index is 11.0. The Labute approximate surface area is 129 Å². The van der Waals surface area contributed by atoms with E-state index in [1.807, 2.05) is 46.9 Å². The zero-order valence-electron chi connectivity index (χ0n) is 10.3. The molecule has 6 heteroatoms. The third-order valence-corrected chi connectivity index (χ3v) is 3.39. The van der Waals surface area contributed by atoms with Crippen molar-refractivity contribution >= 4 is 34.0 Å². The van der Waals surface area contributed by atoms with Crippen LogP contribution in [0.1, 0.15) is 11.1 Å². The summed E-state index contributed by atoms with van der Waals surface area (Å²) in [7, 11) is 0. The third kappa shape index (κ3) is 3.45. The van der Waals surface area contributed by atoms with Gasteiger partial charge in [-0.15, -0.1) is 0 Å². The molecule has 5 nitrogen and oxygen atoms in total. The fourth-order valence-electron chi connectivity index (χ4n) is 1.70. The number of halogens is 1. The van der Waals surface area contributed by atoms with E-state index in [4.69, 9.17) is 5.26 Å². The normalized spacial score (nSPS) is 9.80. The quantitative estimate of drug-likeness (QED) is 0.499. The molecular weight excluding hydrogens is 369 g/mol. The molecule has 20 heavy (non-hydrogen) atoms. The van der Waals surface area contributed by atoms with E-state index in [2.05, 4.69) is 5.32 Å². The van der Waals surface area contributed by atoms with Crippen LogP contribution in [0.5, 0.6) is 0 Å². The van der Waals surface area contributed by atoms with E-state index in [0.717, 1.165) is 9.13 Å². The minimum atomic E-state index is -0.400. The molecule has 0 aliphatic heterocycles. The standard InChI is InChI=1S/C14H10IN3O2/c15-12-5-6-13(14(7-12)18(19)20)17-9-11-3-1-10(8-16)2-4-11/h1-7,17H,9H2. The van der Waals surface area contributed by atoms with Crippen molar-refractivity contribution in [1.82, 2.24) is 0 Å². The number of nitrogens with one attached hydrogen (secondary N) is 1. The Bertz CT molecular complexity index is 678. The van der Waals surface area contributed by atoms with Gasteiger partial charge in [0.05, 0.1) is 16.6 Å². The lowest BCUT2D eigenvalue weighted by Gasteiger charge is -2.07. The van der Waals surface area contributed by atoms with Crippen LogP contribution in [0.25, 0.3) is 0 Å². The maximum Gasteiger partial charge on any atom is 0.293 e. The van der Waals surface area contributed by atoms with Gasteiger partial charge in [0.2, 0.25) is 0 Å². The summed E-state index contributed by atoms with van der Waals surface area (Å²) in [5, 5.41) is 22.8. The van der Waals surface area contributed by atoms with Crippen LogP contribution in [0.4, 0.5) is 11.4 Å². The molecule has 0 saturated carbocycles. The van der Waals surface area contributed by atoms with Crippen LogP contribution in [0.2, 0.25) is 0 Å². The number of anilines is 1. The molecule has 0 radical (unpaired) electrons. The van der Waals surface area contributed by atoms with Crippen LogP contribution in [-0.2, 0) is 6.54 Å². The highest BCUT2D eigenvalue weighted by atomic mass is 127. The van der Waals surface area contributed by atoms with Gasteiger partial charge in [-0.3, -0.25) is 10.1 Å². The van der Waals surface area contributed by atoms with Crippen LogP contribution in [-0.4, -0.2) is 4.92 Å². The van der Waals surface area contributed by atoms with Crippen molar-refractivity contribution in [2.75, 3.05) is 5.32 Å². The van der Waals surface area contributed by atoms with Crippen molar-refractivity contribution in [3.05, 3.63) is 67.3 Å². The second-order valence-corrected chi connectivity index (χ2v) is 5.33. The molecular formula is C14H10IN3O2. The number of hydrogen-bond donors (Lipinski definition) is 1. The molecule has 0 unspecified atom stereocenters. The molecule has 0 aliphatic carbocycles. The molecule has 2 aromatic rings. The lowest BCUT2D eigenvalue weighted by molar-refractivity contribution is -0.384. The molecule has 0 heterocycles. The fraction of sp³-hybridized carbons (Fsp3) is 0.0714. The first-order valence-corrected chi connectivity index (χ1v) is 6.85. The number of nitriles is 1. The molecule has 0 spiro atoms. The highest BCUT2D eigenvalue weighted by molar-refractivity contribution is 14.1. The summed E-state index contributed by atoms with van der Waals surface area (Å²) < 4.78 is 0.818. The van der Waals surface area contributed by atoms with Crippen molar-refractivity contribution in [3.8, 4) is 6.07 Å². The van der Waals surface area contributed by atoms with Gasteiger partial charge < -0.3 is 5.32 Å². The summed E-state index contributed by atoms with van der Waals surface area (Å²) in [6, 6.07) is 14.2. The Morgan fingerprint density at radius 1 is 1.25 bits per heavy atom. The van der Waals surface area contributed by atoms with E-state index in [9.17, 15) is 10.1 Å². The summed E-state index contributed by atoms with van der Waals surface area (Å²) in [5.74, 6) is 0. The van der Waals surface area contributed by atoms with Crippen molar-refractivity contribution in [1.29, 1.82) is 5.26 Å². The Morgan fingerprint density at radius 3 is 2.55 bits per heavy atom. The topological polar surface area (TPSA) is 79.0 Å². The van der Waals surface area contributed by atoms with Gasteiger partial charge in [0.1, 0.15) is 5.69 Å². The maximum absolute atomic E-state index is 11.0. The SMILES string of the molecule is N#Cc1ccc(CNc2ccc(I)cc2[N+](=O)[O-])cc1. The number of nitrogens with zero attached hydrogens (tertiary/aromatic N) is 2. The molecule has 0 aliphatic rings. The highest BCUT2D eigenvalue weighted by Crippen LogP contribution is 2.26. The van der Waals surface area contributed by atoms with Gasteiger partial charge >= 0.3 is 0 Å². The number of hydrogen-bond acceptors (Lipinski definition) is 4. The summed E-state index contributed by atoms with van der Waals surface area (Å²) in [6.45, 7) is 0.465. The molecule has 0 aromatic heterocycles. The first kappa shape index (κ1) is 14.3. The lowest BCUT2D eigenvalue weighted by atomic mass is 10.1. The van der Waals surface area contributed by atoms with E-state index in [1.165, 1.54) is 6.07 Å². The smallest absolute Gasteiger partial charge is 0.293 e. The third-order valence-electron chi connectivity index (χ3n) is 2.72. The van der Waals surface area contributed by atoms with Gasteiger partial charge in [-0.2, -0.15) is 5.26 Å². The molecule has 0 atom stereocenters. The van der Waals surface area contributed by atoms with Gasteiger partial charge in [0, 0.05) is 16.2 Å². The Kier molecular flexibility index (Phi) is 4.53. The Morgan fingerprint density at radius 2 is 1.95 bits per heavy atom. The minimum absolute atomic E-state index is 0.0607. The van der Waals surface area contributed by atoms with Crippen molar-refractivity contribution < 1.29 is 4.92 Å². The summed E-state index contributed by atoms with van der Waals surface area (Å²) in [6.07, 6.45) is 0. The number of nitro groups is 1. The van der Waals surface area contributed by atoms with Crippen LogP contribution in [0, 0.1) is 25.0 Å². The average Bonchev–Trinajstić information content (AvgIpc) is 2.46. The van der Waals surface area contributed by atoms with Gasteiger partial charge in [-0.25, -0.2) is 0 Å². The predicted molar refractivity (Wildman–Crippen MR) is 84.3 cm³/mol. The fourth-order valence-corrected chi connectivity index (χ4v) is 2.17. The lowest BCUT2D eigenvalue weighted by Crippen LogP contribution is -2.02. The predicted octanol–water partition coefficient (Wildman–Crippen LogP) is 3.68. The number of rotatable bonds is 4. The first-order chi connectivity index (χ1) is 9.60. The van der Waals surface area contributed by atoms with Crippen LogP contribution in [0.15, 0.2) is 42.5 Å². The summed E-state index contributed by atoms with van der Waals surface area (Å²) in [5.41, 5.74) is 2.09. The summed E-state index contributed by atoms with van der Waals surface area (Å²) in [4.78, 5) is 10.6. The molecule has 1 N–H and O–H groups in total. The minimum Gasteiger partial charge on any atom is -0.375 e. The molecule has 0 amide bonds.